The van der Waals surface area contributed by atoms with Crippen molar-refractivity contribution in [3.63, 3.8) is 0 Å². The molecule has 4 aromatic rings. The van der Waals surface area contributed by atoms with Crippen LogP contribution in [0, 0.1) is 18.3 Å². The number of imidazole rings is 1. The van der Waals surface area contributed by atoms with Crippen LogP contribution in [0.5, 0.6) is 0 Å². The van der Waals surface area contributed by atoms with E-state index in [0.717, 1.165) is 40.1 Å². The zero-order valence-corrected chi connectivity index (χ0v) is 18.9. The summed E-state index contributed by atoms with van der Waals surface area (Å²) in [4.78, 5) is 25.3. The van der Waals surface area contributed by atoms with E-state index in [9.17, 15) is 10.1 Å². The monoisotopic (exact) mass is 439 g/mol. The number of aromatic nitrogens is 3. The van der Waals surface area contributed by atoms with Gasteiger partial charge in [-0.2, -0.15) is 10.2 Å². The number of nitrogens with zero attached hydrogens (tertiary/aromatic N) is 6. The summed E-state index contributed by atoms with van der Waals surface area (Å²) in [6.07, 6.45) is 3.64. The maximum absolute atomic E-state index is 12.3. The van der Waals surface area contributed by atoms with Gasteiger partial charge in [0.05, 0.1) is 29.7 Å². The van der Waals surface area contributed by atoms with Gasteiger partial charge in [-0.15, -0.1) is 0 Å². The van der Waals surface area contributed by atoms with Crippen molar-refractivity contribution in [1.29, 1.82) is 5.26 Å². The van der Waals surface area contributed by atoms with Crippen LogP contribution in [0.4, 0.5) is 11.5 Å². The van der Waals surface area contributed by atoms with Gasteiger partial charge in [-0.1, -0.05) is 12.1 Å². The van der Waals surface area contributed by atoms with Crippen molar-refractivity contribution in [3.8, 4) is 6.07 Å². The number of nitrogens with one attached hydrogen (secondary N) is 1. The highest BCUT2D eigenvalue weighted by atomic mass is 16.2. The van der Waals surface area contributed by atoms with Crippen LogP contribution in [0.3, 0.4) is 0 Å². The smallest absolute Gasteiger partial charge is 0.241 e. The second-order valence-corrected chi connectivity index (χ2v) is 8.49. The first kappa shape index (κ1) is 20.8. The largest absolute Gasteiger partial charge is 0.363 e. The van der Waals surface area contributed by atoms with Gasteiger partial charge in [-0.3, -0.25) is 9.20 Å². The molecule has 1 amide bonds. The van der Waals surface area contributed by atoms with Crippen molar-refractivity contribution in [2.24, 2.45) is 0 Å². The Morgan fingerprint density at radius 1 is 1.21 bits per heavy atom. The lowest BCUT2D eigenvalue weighted by atomic mass is 9.98. The third kappa shape index (κ3) is 3.61. The quantitative estimate of drug-likeness (QED) is 0.523. The predicted molar refractivity (Wildman–Crippen MR) is 128 cm³/mol. The highest BCUT2D eigenvalue weighted by Crippen LogP contribution is 2.31. The lowest BCUT2D eigenvalue weighted by Gasteiger charge is -2.33. The Morgan fingerprint density at radius 3 is 2.85 bits per heavy atom. The molecule has 0 bridgehead atoms. The summed E-state index contributed by atoms with van der Waals surface area (Å²) in [7, 11) is 1.84. The lowest BCUT2D eigenvalue weighted by molar-refractivity contribution is -0.129. The van der Waals surface area contributed by atoms with E-state index in [1.54, 1.807) is 11.1 Å². The van der Waals surface area contributed by atoms with Gasteiger partial charge in [0.1, 0.15) is 5.82 Å². The van der Waals surface area contributed by atoms with E-state index in [0.29, 0.717) is 24.4 Å². The van der Waals surface area contributed by atoms with Gasteiger partial charge in [0.15, 0.2) is 0 Å². The van der Waals surface area contributed by atoms with Gasteiger partial charge in [-0.05, 0) is 49.2 Å². The van der Waals surface area contributed by atoms with Gasteiger partial charge < -0.3 is 15.1 Å². The molecule has 0 saturated carbocycles. The summed E-state index contributed by atoms with van der Waals surface area (Å²) in [5.41, 5.74) is 4.66. The van der Waals surface area contributed by atoms with Crippen molar-refractivity contribution < 1.29 is 4.79 Å². The fraction of sp³-hybridized carbons (Fsp3) is 0.280. The third-order valence-electron chi connectivity index (χ3n) is 6.47. The van der Waals surface area contributed by atoms with Crippen LogP contribution in [0.25, 0.3) is 16.7 Å². The zero-order valence-electron chi connectivity index (χ0n) is 18.9. The number of likely N-dealkylation sites (N-methyl/N-ethyl adjacent to an activating group) is 1. The molecule has 8 heteroatoms. The summed E-state index contributed by atoms with van der Waals surface area (Å²) >= 11 is 0. The summed E-state index contributed by atoms with van der Waals surface area (Å²) < 4.78 is 1.96. The number of amides is 1. The predicted octanol–water partition coefficient (Wildman–Crippen LogP) is 3.51. The van der Waals surface area contributed by atoms with E-state index in [2.05, 4.69) is 40.3 Å². The summed E-state index contributed by atoms with van der Waals surface area (Å²) in [5, 5.41) is 13.9. The standard InChI is InChI=1S/C25H25N7O/c1-16-18(14-26)5-4-6-20(16)17(2)28-24-21-13-19(31-12-11-30(3)23(33)15-31)7-8-22(21)32-10-9-27-25(32)29-24/h4-10,13,17H,11-12,15H2,1-3H3,(H,27,28,29)/t17-/m1/s1. The molecule has 0 spiro atoms. The Hall–Kier alpha value is -4.12. The van der Waals surface area contributed by atoms with E-state index in [-0.39, 0.29) is 11.9 Å². The molecule has 0 aliphatic carbocycles. The second kappa shape index (κ2) is 8.10. The maximum Gasteiger partial charge on any atom is 0.241 e. The van der Waals surface area contributed by atoms with Crippen LogP contribution in [-0.4, -0.2) is 51.9 Å². The van der Waals surface area contributed by atoms with E-state index in [4.69, 9.17) is 4.98 Å². The first-order chi connectivity index (χ1) is 16.0. The number of hydrogen-bond acceptors (Lipinski definition) is 6. The first-order valence-electron chi connectivity index (χ1n) is 11.0. The fourth-order valence-corrected chi connectivity index (χ4v) is 4.46. The van der Waals surface area contributed by atoms with Gasteiger partial charge in [-0.25, -0.2) is 4.98 Å². The Labute approximate surface area is 192 Å². The molecule has 2 aromatic heterocycles. The minimum Gasteiger partial charge on any atom is -0.363 e. The van der Waals surface area contributed by atoms with Crippen molar-refractivity contribution in [2.45, 2.75) is 19.9 Å². The van der Waals surface area contributed by atoms with Crippen LogP contribution >= 0.6 is 0 Å². The van der Waals surface area contributed by atoms with E-state index >= 15 is 0 Å². The molecule has 3 heterocycles. The average Bonchev–Trinajstić information content (AvgIpc) is 3.29. The topological polar surface area (TPSA) is 89.6 Å². The van der Waals surface area contributed by atoms with Crippen molar-refractivity contribution >= 4 is 34.1 Å². The molecular formula is C25H25N7O. The molecule has 166 valence electrons. The summed E-state index contributed by atoms with van der Waals surface area (Å²) in [6, 6.07) is 14.2. The highest BCUT2D eigenvalue weighted by Gasteiger charge is 2.22. The van der Waals surface area contributed by atoms with Crippen LogP contribution < -0.4 is 10.2 Å². The van der Waals surface area contributed by atoms with Gasteiger partial charge in [0.2, 0.25) is 11.7 Å². The van der Waals surface area contributed by atoms with Crippen LogP contribution in [-0.2, 0) is 4.79 Å². The number of carbonyl (C=O) groups is 1. The van der Waals surface area contributed by atoms with Crippen LogP contribution in [0.2, 0.25) is 0 Å². The van der Waals surface area contributed by atoms with Gasteiger partial charge in [0, 0.05) is 43.6 Å². The molecule has 1 atom stereocenters. The molecule has 0 unspecified atom stereocenters. The van der Waals surface area contributed by atoms with E-state index in [1.165, 1.54) is 0 Å². The van der Waals surface area contributed by atoms with Crippen molar-refractivity contribution in [1.82, 2.24) is 19.3 Å². The molecule has 5 rings (SSSR count). The highest BCUT2D eigenvalue weighted by molar-refractivity contribution is 5.94. The van der Waals surface area contributed by atoms with Crippen LogP contribution in [0.15, 0.2) is 48.8 Å². The average molecular weight is 440 g/mol. The molecule has 1 N–H and O–H groups in total. The minimum absolute atomic E-state index is 0.0692. The Balaban J connectivity index is 1.58. The van der Waals surface area contributed by atoms with Crippen LogP contribution in [0.1, 0.15) is 29.7 Å². The Morgan fingerprint density at radius 2 is 2.06 bits per heavy atom. The molecule has 1 saturated heterocycles. The maximum atomic E-state index is 12.3. The number of benzene rings is 2. The molecule has 1 aliphatic rings. The first-order valence-corrected chi connectivity index (χ1v) is 11.0. The third-order valence-corrected chi connectivity index (χ3v) is 6.47. The lowest BCUT2D eigenvalue weighted by Crippen LogP contribution is -2.48. The number of anilines is 2. The van der Waals surface area contributed by atoms with E-state index < -0.39 is 0 Å². The van der Waals surface area contributed by atoms with Crippen molar-refractivity contribution in [3.05, 3.63) is 65.5 Å². The summed E-state index contributed by atoms with van der Waals surface area (Å²) in [6.45, 7) is 5.88. The Bertz CT molecular complexity index is 1420. The zero-order chi connectivity index (χ0) is 23.1. The van der Waals surface area contributed by atoms with E-state index in [1.807, 2.05) is 48.8 Å². The molecular weight excluding hydrogens is 414 g/mol. The summed E-state index contributed by atoms with van der Waals surface area (Å²) in [5.74, 6) is 1.45. The van der Waals surface area contributed by atoms with Gasteiger partial charge >= 0.3 is 0 Å². The molecule has 1 aliphatic heterocycles. The molecule has 1 fully saturated rings. The van der Waals surface area contributed by atoms with Gasteiger partial charge in [0.25, 0.3) is 0 Å². The number of hydrogen-bond donors (Lipinski definition) is 1. The molecule has 2 aromatic carbocycles. The minimum atomic E-state index is -0.0692. The van der Waals surface area contributed by atoms with Crippen molar-refractivity contribution in [2.75, 3.05) is 36.9 Å². The molecule has 0 radical (unpaired) electrons. The molecule has 33 heavy (non-hydrogen) atoms. The number of nitriles is 1. The molecule has 8 nitrogen and oxygen atoms in total. The number of fused-ring (bicyclic) bond motifs is 3. The number of carbonyl (C=O) groups excluding carboxylic acids is 1. The second-order valence-electron chi connectivity index (χ2n) is 8.49. The number of rotatable bonds is 4. The fourth-order valence-electron chi connectivity index (χ4n) is 4.46. The normalized spacial score (nSPS) is 15.2. The Kier molecular flexibility index (Phi) is 5.09. The number of piperazine rings is 1. The SMILES string of the molecule is Cc1c(C#N)cccc1[C@@H](C)Nc1nc2nccn2c2ccc(N3CCN(C)C(=O)C3)cc12.